The number of carbonyl (C=O) groups excluding carboxylic acids is 2. The van der Waals surface area contributed by atoms with Gasteiger partial charge in [0.25, 0.3) is 0 Å². The molecule has 1 aliphatic heterocycles. The number of nitrogens with one attached hydrogen (secondary N) is 1. The Balaban J connectivity index is 1.43. The van der Waals surface area contributed by atoms with Crippen LogP contribution in [0.5, 0.6) is 0 Å². The molecule has 7 heteroatoms. The van der Waals surface area contributed by atoms with E-state index >= 15 is 0 Å². The maximum Gasteiger partial charge on any atom is 0.227 e. The number of aryl methyl sites for hydroxylation is 2. The number of benzene rings is 1. The van der Waals surface area contributed by atoms with Crippen molar-refractivity contribution in [3.63, 3.8) is 0 Å². The molecule has 1 atom stereocenters. The van der Waals surface area contributed by atoms with Crippen molar-refractivity contribution >= 4 is 17.5 Å². The van der Waals surface area contributed by atoms with Gasteiger partial charge in [-0.1, -0.05) is 6.07 Å². The van der Waals surface area contributed by atoms with E-state index in [2.05, 4.69) is 15.3 Å². The zero-order chi connectivity index (χ0) is 20.4. The highest BCUT2D eigenvalue weighted by Gasteiger charge is 2.35. The molecule has 0 spiro atoms. The number of nitrogens with zero attached hydrogens (tertiary/aromatic N) is 3. The van der Waals surface area contributed by atoms with Crippen molar-refractivity contribution in [3.05, 3.63) is 66.0 Å². The molecule has 1 N–H and O–H groups in total. The molecular formula is C22H22N4O3. The number of carbonyl (C=O) groups is 2. The summed E-state index contributed by atoms with van der Waals surface area (Å²) in [7, 11) is 0. The Kier molecular flexibility index (Phi) is 5.12. The minimum Gasteiger partial charge on any atom is -0.472 e. The summed E-state index contributed by atoms with van der Waals surface area (Å²) in [6.07, 6.45) is 6.55. The first kappa shape index (κ1) is 18.9. The normalized spacial score (nSPS) is 16.3. The Bertz CT molecular complexity index is 1050. The first-order chi connectivity index (χ1) is 14.0. The third-order valence-corrected chi connectivity index (χ3v) is 5.30. The molecule has 0 unspecified atom stereocenters. The fraction of sp³-hybridized carbons (Fsp3) is 0.273. The molecular weight excluding hydrogens is 368 g/mol. The summed E-state index contributed by atoms with van der Waals surface area (Å²) in [5.41, 5.74) is 5.26. The Morgan fingerprint density at radius 3 is 2.79 bits per heavy atom. The van der Waals surface area contributed by atoms with Gasteiger partial charge in [0.15, 0.2) is 0 Å². The summed E-state index contributed by atoms with van der Waals surface area (Å²) < 4.78 is 5.11. The second kappa shape index (κ2) is 7.87. The third-order valence-electron chi connectivity index (χ3n) is 5.30. The minimum atomic E-state index is -0.391. The van der Waals surface area contributed by atoms with Crippen LogP contribution in [0.15, 0.2) is 53.6 Å². The van der Waals surface area contributed by atoms with Crippen LogP contribution in [-0.2, 0) is 16.1 Å². The molecule has 29 heavy (non-hydrogen) atoms. The van der Waals surface area contributed by atoms with Gasteiger partial charge >= 0.3 is 0 Å². The molecule has 0 bridgehead atoms. The Morgan fingerprint density at radius 2 is 2.03 bits per heavy atom. The highest BCUT2D eigenvalue weighted by atomic mass is 16.3. The van der Waals surface area contributed by atoms with Gasteiger partial charge in [-0.3, -0.25) is 19.6 Å². The van der Waals surface area contributed by atoms with Crippen LogP contribution < -0.4 is 10.2 Å². The van der Waals surface area contributed by atoms with Crippen LogP contribution in [0.2, 0.25) is 0 Å². The average Bonchev–Trinajstić information content (AvgIpc) is 3.38. The quantitative estimate of drug-likeness (QED) is 0.723. The van der Waals surface area contributed by atoms with Crippen molar-refractivity contribution in [2.24, 2.45) is 5.92 Å². The van der Waals surface area contributed by atoms with E-state index in [-0.39, 0.29) is 24.8 Å². The smallest absolute Gasteiger partial charge is 0.227 e. The summed E-state index contributed by atoms with van der Waals surface area (Å²) >= 11 is 0. The second-order valence-electron chi connectivity index (χ2n) is 7.26. The molecule has 1 saturated heterocycles. The number of hydrogen-bond acceptors (Lipinski definition) is 5. The van der Waals surface area contributed by atoms with Crippen LogP contribution in [0.4, 0.5) is 5.69 Å². The SMILES string of the molecule is Cc1ccc(N2C[C@H](C(=O)NCc3nccnc3-c3ccoc3)CC2=O)cc1C. The summed E-state index contributed by atoms with van der Waals surface area (Å²) in [5.74, 6) is -0.585. The van der Waals surface area contributed by atoms with E-state index in [1.165, 1.54) is 5.56 Å². The standard InChI is InChI=1S/C22H22N4O3/c1-14-3-4-18(9-15(14)2)26-12-17(10-20(26)27)22(28)25-11-19-21(24-7-6-23-19)16-5-8-29-13-16/h3-9,13,17H,10-12H2,1-2H3,(H,25,28)/t17-/m1/s1. The topological polar surface area (TPSA) is 88.3 Å². The minimum absolute atomic E-state index is 0.0352. The summed E-state index contributed by atoms with van der Waals surface area (Å²) in [6, 6.07) is 7.71. The molecule has 7 nitrogen and oxygen atoms in total. The number of hydrogen-bond donors (Lipinski definition) is 1. The lowest BCUT2D eigenvalue weighted by molar-refractivity contribution is -0.126. The third kappa shape index (κ3) is 3.89. The maximum absolute atomic E-state index is 12.7. The van der Waals surface area contributed by atoms with E-state index in [1.54, 1.807) is 35.9 Å². The lowest BCUT2D eigenvalue weighted by atomic mass is 10.1. The summed E-state index contributed by atoms with van der Waals surface area (Å²) in [6.45, 7) is 4.66. The van der Waals surface area contributed by atoms with Crippen molar-refractivity contribution in [2.75, 3.05) is 11.4 Å². The molecule has 0 aliphatic carbocycles. The lowest BCUT2D eigenvalue weighted by Gasteiger charge is -2.18. The van der Waals surface area contributed by atoms with Crippen molar-refractivity contribution in [3.8, 4) is 11.3 Å². The molecule has 3 aromatic rings. The van der Waals surface area contributed by atoms with Gasteiger partial charge in [-0.15, -0.1) is 0 Å². The monoisotopic (exact) mass is 390 g/mol. The number of aromatic nitrogens is 2. The number of amides is 2. The van der Waals surface area contributed by atoms with E-state index in [0.29, 0.717) is 17.9 Å². The summed E-state index contributed by atoms with van der Waals surface area (Å²) in [4.78, 5) is 35.5. The van der Waals surface area contributed by atoms with E-state index < -0.39 is 5.92 Å². The van der Waals surface area contributed by atoms with Crippen LogP contribution in [0, 0.1) is 19.8 Å². The maximum atomic E-state index is 12.7. The van der Waals surface area contributed by atoms with Gasteiger partial charge in [0.05, 0.1) is 36.4 Å². The van der Waals surface area contributed by atoms with Gasteiger partial charge in [-0.25, -0.2) is 0 Å². The first-order valence-electron chi connectivity index (χ1n) is 9.50. The zero-order valence-electron chi connectivity index (χ0n) is 16.4. The number of anilines is 1. The van der Waals surface area contributed by atoms with Crippen molar-refractivity contribution in [1.82, 2.24) is 15.3 Å². The predicted octanol–water partition coefficient (Wildman–Crippen LogP) is 3.02. The highest BCUT2D eigenvalue weighted by molar-refractivity contribution is 6.00. The van der Waals surface area contributed by atoms with Gasteiger partial charge in [0.1, 0.15) is 0 Å². The Hall–Kier alpha value is -3.48. The Morgan fingerprint density at radius 1 is 1.21 bits per heavy atom. The largest absolute Gasteiger partial charge is 0.472 e. The van der Waals surface area contributed by atoms with E-state index in [0.717, 1.165) is 16.8 Å². The molecule has 2 amide bonds. The predicted molar refractivity (Wildman–Crippen MR) is 108 cm³/mol. The Labute approximate surface area is 168 Å². The van der Waals surface area contributed by atoms with Crippen molar-refractivity contribution in [2.45, 2.75) is 26.8 Å². The van der Waals surface area contributed by atoms with E-state index in [9.17, 15) is 9.59 Å². The fourth-order valence-electron chi connectivity index (χ4n) is 3.48. The molecule has 1 aromatic carbocycles. The van der Waals surface area contributed by atoms with Crippen LogP contribution in [0.25, 0.3) is 11.3 Å². The first-order valence-corrected chi connectivity index (χ1v) is 9.50. The molecule has 2 aromatic heterocycles. The average molecular weight is 390 g/mol. The van der Waals surface area contributed by atoms with Crippen molar-refractivity contribution in [1.29, 1.82) is 0 Å². The summed E-state index contributed by atoms with van der Waals surface area (Å²) in [5, 5.41) is 2.91. The molecule has 1 fully saturated rings. The highest BCUT2D eigenvalue weighted by Crippen LogP contribution is 2.27. The number of rotatable bonds is 5. The molecule has 148 valence electrons. The number of furan rings is 1. The van der Waals surface area contributed by atoms with Crippen LogP contribution >= 0.6 is 0 Å². The van der Waals surface area contributed by atoms with Gasteiger partial charge < -0.3 is 14.6 Å². The zero-order valence-corrected chi connectivity index (χ0v) is 16.4. The van der Waals surface area contributed by atoms with E-state index in [1.807, 2.05) is 32.0 Å². The molecule has 0 saturated carbocycles. The molecule has 3 heterocycles. The van der Waals surface area contributed by atoms with E-state index in [4.69, 9.17) is 4.42 Å². The molecule has 4 rings (SSSR count). The fourth-order valence-corrected chi connectivity index (χ4v) is 3.48. The van der Waals surface area contributed by atoms with Crippen molar-refractivity contribution < 1.29 is 14.0 Å². The second-order valence-corrected chi connectivity index (χ2v) is 7.26. The van der Waals surface area contributed by atoms with Gasteiger partial charge in [0, 0.05) is 36.6 Å². The van der Waals surface area contributed by atoms with Crippen LogP contribution in [0.1, 0.15) is 23.2 Å². The van der Waals surface area contributed by atoms with Crippen LogP contribution in [-0.4, -0.2) is 28.3 Å². The van der Waals surface area contributed by atoms with Gasteiger partial charge in [0.2, 0.25) is 11.8 Å². The molecule has 1 aliphatic rings. The van der Waals surface area contributed by atoms with Crippen LogP contribution in [0.3, 0.4) is 0 Å². The van der Waals surface area contributed by atoms with Gasteiger partial charge in [-0.05, 0) is 43.2 Å². The van der Waals surface area contributed by atoms with Gasteiger partial charge in [-0.2, -0.15) is 0 Å². The lowest BCUT2D eigenvalue weighted by Crippen LogP contribution is -2.33. The molecule has 0 radical (unpaired) electrons.